The zero-order chi connectivity index (χ0) is 19.7. The molecular formula is C19H21F3N6. The molecule has 1 fully saturated rings. The Bertz CT molecular complexity index is 878. The van der Waals surface area contributed by atoms with E-state index in [0.29, 0.717) is 17.7 Å². The van der Waals surface area contributed by atoms with Gasteiger partial charge in [-0.15, -0.1) is 0 Å². The van der Waals surface area contributed by atoms with Crippen LogP contribution in [0, 0.1) is 0 Å². The van der Waals surface area contributed by atoms with E-state index in [9.17, 15) is 13.2 Å². The van der Waals surface area contributed by atoms with E-state index in [1.807, 2.05) is 18.1 Å². The average Bonchev–Trinajstić information content (AvgIpc) is 2.94. The summed E-state index contributed by atoms with van der Waals surface area (Å²) in [5, 5.41) is 6.42. The van der Waals surface area contributed by atoms with Gasteiger partial charge >= 0.3 is 6.18 Å². The highest BCUT2D eigenvalue weighted by Crippen LogP contribution is 2.38. The van der Waals surface area contributed by atoms with E-state index in [2.05, 4.69) is 25.6 Å². The van der Waals surface area contributed by atoms with E-state index >= 15 is 0 Å². The molecule has 6 nitrogen and oxygen atoms in total. The molecule has 2 N–H and O–H groups in total. The summed E-state index contributed by atoms with van der Waals surface area (Å²) in [6.45, 7) is 2.20. The van der Waals surface area contributed by atoms with E-state index in [0.717, 1.165) is 37.8 Å². The van der Waals surface area contributed by atoms with Crippen LogP contribution in [-0.4, -0.2) is 53.3 Å². The van der Waals surface area contributed by atoms with Gasteiger partial charge in [0, 0.05) is 43.2 Å². The highest BCUT2D eigenvalue weighted by molar-refractivity contribution is 6.17. The molecule has 1 unspecified atom stereocenters. The van der Waals surface area contributed by atoms with E-state index in [4.69, 9.17) is 0 Å². The summed E-state index contributed by atoms with van der Waals surface area (Å²) in [6.07, 6.45) is 5.14. The highest BCUT2D eigenvalue weighted by atomic mass is 19.4. The molecule has 1 atom stereocenters. The maximum Gasteiger partial charge on any atom is 0.419 e. The summed E-state index contributed by atoms with van der Waals surface area (Å²) >= 11 is 0. The number of rotatable bonds is 3. The number of nitrogens with zero attached hydrogens (tertiary/aromatic N) is 4. The summed E-state index contributed by atoms with van der Waals surface area (Å²) in [7, 11) is 1.89. The molecule has 3 aliphatic heterocycles. The molecule has 1 saturated heterocycles. The Morgan fingerprint density at radius 3 is 2.89 bits per heavy atom. The van der Waals surface area contributed by atoms with Crippen molar-refractivity contribution in [1.29, 1.82) is 0 Å². The fourth-order valence-corrected chi connectivity index (χ4v) is 3.53. The molecule has 3 aliphatic rings. The first-order chi connectivity index (χ1) is 13.4. The molecule has 1 aromatic heterocycles. The number of allylic oxidation sites excluding steroid dienone is 3. The van der Waals surface area contributed by atoms with Crippen LogP contribution in [0.4, 0.5) is 19.1 Å². The average molecular weight is 390 g/mol. The van der Waals surface area contributed by atoms with E-state index in [-0.39, 0.29) is 17.7 Å². The Kier molecular flexibility index (Phi) is 4.92. The third-order valence-corrected chi connectivity index (χ3v) is 4.93. The Morgan fingerprint density at radius 2 is 2.14 bits per heavy atom. The lowest BCUT2D eigenvalue weighted by molar-refractivity contribution is -0.138. The van der Waals surface area contributed by atoms with Crippen molar-refractivity contribution in [3.8, 4) is 0 Å². The van der Waals surface area contributed by atoms with Gasteiger partial charge in [-0.2, -0.15) is 13.2 Å². The van der Waals surface area contributed by atoms with Crippen LogP contribution < -0.4 is 10.6 Å². The first-order valence-electron chi connectivity index (χ1n) is 9.20. The highest BCUT2D eigenvalue weighted by Gasteiger charge is 2.38. The minimum Gasteiger partial charge on any atom is -0.375 e. The van der Waals surface area contributed by atoms with Crippen LogP contribution in [0.15, 0.2) is 41.3 Å². The molecule has 0 aromatic carbocycles. The number of aliphatic imine (C=N–C) groups is 1. The lowest BCUT2D eigenvalue weighted by atomic mass is 9.98. The third kappa shape index (κ3) is 3.80. The molecule has 148 valence electrons. The van der Waals surface area contributed by atoms with Gasteiger partial charge in [0.05, 0.1) is 18.0 Å². The van der Waals surface area contributed by atoms with Crippen LogP contribution in [0.1, 0.15) is 24.1 Å². The predicted octanol–water partition coefficient (Wildman–Crippen LogP) is 2.84. The number of anilines is 1. The summed E-state index contributed by atoms with van der Waals surface area (Å²) in [5.74, 6) is 0.202. The normalized spacial score (nSPS) is 22.2. The minimum atomic E-state index is -4.55. The smallest absolute Gasteiger partial charge is 0.375 e. The maximum absolute atomic E-state index is 13.6. The van der Waals surface area contributed by atoms with Crippen molar-refractivity contribution in [2.45, 2.75) is 25.1 Å². The monoisotopic (exact) mass is 390 g/mol. The zero-order valence-electron chi connectivity index (χ0n) is 15.4. The van der Waals surface area contributed by atoms with Crippen LogP contribution in [0.25, 0.3) is 5.57 Å². The summed E-state index contributed by atoms with van der Waals surface area (Å²) < 4.78 is 40.9. The van der Waals surface area contributed by atoms with E-state index < -0.39 is 11.7 Å². The number of fused-ring (bicyclic) bond motifs is 1. The topological polar surface area (TPSA) is 65.4 Å². The second kappa shape index (κ2) is 7.38. The Hall–Kier alpha value is -2.68. The van der Waals surface area contributed by atoms with Crippen LogP contribution in [0.2, 0.25) is 0 Å². The van der Waals surface area contributed by atoms with Crippen molar-refractivity contribution in [3.05, 3.63) is 47.6 Å². The number of aromatic nitrogens is 2. The number of piperidine rings is 1. The molecule has 1 aromatic rings. The standard InChI is InChI=1S/C19H21F3N6/c1-28-7-3-5-13-14(9-24-16(13)11-28)17-15(19(20,21)22)10-25-18(27-17)26-12-4-2-6-23-8-12/h3,5,7,9-10,12,23H,2,4,6,8,11H2,1H3,(H,25,26,27). The molecule has 0 spiro atoms. The SMILES string of the molecule is CN1C=CC=C2C(c3nc(NC4CCCNC4)ncc3C(F)(F)F)=CN=C2C1. The molecule has 9 heteroatoms. The van der Waals surface area contributed by atoms with Gasteiger partial charge in [-0.3, -0.25) is 4.99 Å². The van der Waals surface area contributed by atoms with E-state index in [1.165, 1.54) is 6.20 Å². The van der Waals surface area contributed by atoms with Crippen LogP contribution in [-0.2, 0) is 6.18 Å². The first kappa shape index (κ1) is 18.7. The van der Waals surface area contributed by atoms with Gasteiger partial charge in [0.2, 0.25) is 5.95 Å². The molecule has 4 rings (SSSR count). The first-order valence-corrected chi connectivity index (χ1v) is 9.20. The molecule has 4 heterocycles. The van der Waals surface area contributed by atoms with Crippen LogP contribution in [0.5, 0.6) is 0 Å². The maximum atomic E-state index is 13.6. The van der Waals surface area contributed by atoms with Crippen LogP contribution >= 0.6 is 0 Å². The number of alkyl halides is 3. The largest absolute Gasteiger partial charge is 0.419 e. The van der Waals surface area contributed by atoms with Crippen molar-refractivity contribution < 1.29 is 13.2 Å². The molecular weight excluding hydrogens is 369 g/mol. The Balaban J connectivity index is 1.69. The van der Waals surface area contributed by atoms with Crippen molar-refractivity contribution >= 4 is 17.2 Å². The quantitative estimate of drug-likeness (QED) is 0.831. The third-order valence-electron chi connectivity index (χ3n) is 4.93. The molecule has 0 saturated carbocycles. The second-order valence-corrected chi connectivity index (χ2v) is 7.10. The Morgan fingerprint density at radius 1 is 1.29 bits per heavy atom. The molecule has 28 heavy (non-hydrogen) atoms. The van der Waals surface area contributed by atoms with Gasteiger partial charge in [0.1, 0.15) is 5.56 Å². The Labute approximate surface area is 161 Å². The second-order valence-electron chi connectivity index (χ2n) is 7.10. The van der Waals surface area contributed by atoms with Gasteiger partial charge in [0.25, 0.3) is 0 Å². The van der Waals surface area contributed by atoms with Crippen molar-refractivity contribution in [3.63, 3.8) is 0 Å². The van der Waals surface area contributed by atoms with Gasteiger partial charge in [-0.1, -0.05) is 6.08 Å². The van der Waals surface area contributed by atoms with Gasteiger partial charge in [-0.05, 0) is 31.7 Å². The van der Waals surface area contributed by atoms with Gasteiger partial charge in [0.15, 0.2) is 0 Å². The summed E-state index contributed by atoms with van der Waals surface area (Å²) in [4.78, 5) is 14.5. The number of hydrogen-bond acceptors (Lipinski definition) is 6. The lowest BCUT2D eigenvalue weighted by Crippen LogP contribution is -2.38. The molecule has 0 aliphatic carbocycles. The molecule has 0 bridgehead atoms. The van der Waals surface area contributed by atoms with Crippen molar-refractivity contribution in [2.24, 2.45) is 4.99 Å². The predicted molar refractivity (Wildman–Crippen MR) is 102 cm³/mol. The summed E-state index contributed by atoms with van der Waals surface area (Å²) in [6, 6.07) is 0.0939. The summed E-state index contributed by atoms with van der Waals surface area (Å²) in [5.41, 5.74) is 0.756. The fraction of sp³-hybridized carbons (Fsp3) is 0.421. The number of halogens is 3. The number of hydrogen-bond donors (Lipinski definition) is 2. The lowest BCUT2D eigenvalue weighted by Gasteiger charge is -2.24. The zero-order valence-corrected chi connectivity index (χ0v) is 15.4. The number of nitrogens with one attached hydrogen (secondary N) is 2. The minimum absolute atomic E-state index is 0.0939. The van der Waals surface area contributed by atoms with Crippen molar-refractivity contribution in [1.82, 2.24) is 20.2 Å². The fourth-order valence-electron chi connectivity index (χ4n) is 3.53. The van der Waals surface area contributed by atoms with E-state index in [1.54, 1.807) is 12.2 Å². The van der Waals surface area contributed by atoms with Crippen molar-refractivity contribution in [2.75, 3.05) is 32.0 Å². The van der Waals surface area contributed by atoms with Gasteiger partial charge < -0.3 is 15.5 Å². The molecule has 0 radical (unpaired) electrons. The van der Waals surface area contributed by atoms with Gasteiger partial charge in [-0.25, -0.2) is 9.97 Å². The van der Waals surface area contributed by atoms with Crippen LogP contribution in [0.3, 0.4) is 0 Å². The molecule has 0 amide bonds.